The molecular weight excluding hydrogens is 394 g/mol. The van der Waals surface area contributed by atoms with Crippen molar-refractivity contribution in [2.45, 2.75) is 59.4 Å². The van der Waals surface area contributed by atoms with Gasteiger partial charge in [0.25, 0.3) is 0 Å². The summed E-state index contributed by atoms with van der Waals surface area (Å²) in [5.41, 5.74) is 5.35. The van der Waals surface area contributed by atoms with Crippen molar-refractivity contribution in [2.24, 2.45) is 17.6 Å². The van der Waals surface area contributed by atoms with E-state index < -0.39 is 18.0 Å². The molecule has 0 aliphatic rings. The van der Waals surface area contributed by atoms with E-state index in [9.17, 15) is 24.0 Å². The minimum atomic E-state index is -1.17. The van der Waals surface area contributed by atoms with E-state index >= 15 is 0 Å². The number of nitrogens with one attached hydrogen (secondary N) is 1. The lowest BCUT2D eigenvalue weighted by Gasteiger charge is -2.24. The average molecular weight is 430 g/mol. The van der Waals surface area contributed by atoms with Crippen LogP contribution in [0.3, 0.4) is 0 Å². The molecule has 10 nitrogen and oxygen atoms in total. The maximum absolute atomic E-state index is 12.3. The molecule has 172 valence electrons. The van der Waals surface area contributed by atoms with Gasteiger partial charge in [-0.25, -0.2) is 0 Å². The van der Waals surface area contributed by atoms with Gasteiger partial charge in [-0.1, -0.05) is 27.7 Å². The van der Waals surface area contributed by atoms with Crippen molar-refractivity contribution in [1.82, 2.24) is 10.2 Å². The monoisotopic (exact) mass is 429 g/mol. The molecule has 0 rings (SSSR count). The molecule has 0 saturated heterocycles. The Hall–Kier alpha value is -2.49. The second-order valence-corrected chi connectivity index (χ2v) is 7.65. The quantitative estimate of drug-likeness (QED) is 0.314. The largest absolute Gasteiger partial charge is 0.480 e. The lowest BCUT2D eigenvalue weighted by molar-refractivity contribution is -0.146. The molecule has 4 N–H and O–H groups in total. The van der Waals surface area contributed by atoms with E-state index in [4.69, 9.17) is 15.6 Å². The molecule has 0 unspecified atom stereocenters. The van der Waals surface area contributed by atoms with E-state index in [-0.39, 0.29) is 81.4 Å². The molecule has 0 aromatic carbocycles. The van der Waals surface area contributed by atoms with E-state index in [0.717, 1.165) is 0 Å². The smallest absolute Gasteiger partial charge is 0.320 e. The number of hydrogen-bond acceptors (Lipinski definition) is 7. The number of rotatable bonds is 15. The number of esters is 1. The van der Waals surface area contributed by atoms with Crippen LogP contribution in [0.15, 0.2) is 0 Å². The molecule has 0 aliphatic carbocycles. The van der Waals surface area contributed by atoms with Crippen LogP contribution in [0.4, 0.5) is 0 Å². The van der Waals surface area contributed by atoms with Crippen LogP contribution in [0.25, 0.3) is 0 Å². The number of carboxylic acids is 1. The fourth-order valence-corrected chi connectivity index (χ4v) is 2.38. The van der Waals surface area contributed by atoms with Crippen molar-refractivity contribution in [3.63, 3.8) is 0 Å². The van der Waals surface area contributed by atoms with Crippen molar-refractivity contribution in [1.29, 1.82) is 0 Å². The molecule has 1 atom stereocenters. The Morgan fingerprint density at radius 2 is 1.60 bits per heavy atom. The van der Waals surface area contributed by atoms with E-state index in [1.54, 1.807) is 27.7 Å². The summed E-state index contributed by atoms with van der Waals surface area (Å²) < 4.78 is 5.04. The van der Waals surface area contributed by atoms with Gasteiger partial charge in [0.05, 0.1) is 13.0 Å². The van der Waals surface area contributed by atoms with Gasteiger partial charge in [0.1, 0.15) is 11.8 Å². The van der Waals surface area contributed by atoms with E-state index in [1.807, 2.05) is 0 Å². The molecule has 0 bridgehead atoms. The topological polar surface area (TPSA) is 156 Å². The Morgan fingerprint density at radius 3 is 2.13 bits per heavy atom. The zero-order valence-corrected chi connectivity index (χ0v) is 18.3. The van der Waals surface area contributed by atoms with Gasteiger partial charge >= 0.3 is 11.9 Å². The molecule has 10 heteroatoms. The van der Waals surface area contributed by atoms with Crippen LogP contribution in [-0.2, 0) is 28.7 Å². The molecular formula is C20H35N3O7. The normalized spacial score (nSPS) is 11.8. The van der Waals surface area contributed by atoms with Crippen molar-refractivity contribution in [3.05, 3.63) is 0 Å². The van der Waals surface area contributed by atoms with Gasteiger partial charge in [-0.05, 0) is 6.42 Å². The van der Waals surface area contributed by atoms with Gasteiger partial charge in [0.2, 0.25) is 11.8 Å². The fourth-order valence-electron chi connectivity index (χ4n) is 2.38. The zero-order valence-electron chi connectivity index (χ0n) is 18.3. The van der Waals surface area contributed by atoms with Crippen molar-refractivity contribution in [3.8, 4) is 0 Å². The first-order chi connectivity index (χ1) is 14.0. The van der Waals surface area contributed by atoms with Crippen molar-refractivity contribution < 1.29 is 33.8 Å². The molecule has 0 aromatic heterocycles. The highest BCUT2D eigenvalue weighted by atomic mass is 16.5. The second kappa shape index (κ2) is 14.5. The van der Waals surface area contributed by atoms with Gasteiger partial charge < -0.3 is 25.8 Å². The van der Waals surface area contributed by atoms with Gasteiger partial charge in [0, 0.05) is 44.3 Å². The number of ether oxygens (including phenoxy) is 1. The summed E-state index contributed by atoms with van der Waals surface area (Å²) in [6.07, 6.45) is 0.124. The third kappa shape index (κ3) is 12.2. The van der Waals surface area contributed by atoms with E-state index in [0.29, 0.717) is 0 Å². The Balaban J connectivity index is 4.40. The van der Waals surface area contributed by atoms with Crippen LogP contribution in [0.1, 0.15) is 53.4 Å². The Kier molecular flexibility index (Phi) is 13.3. The standard InChI is InChI=1S/C20H35N3O7/c1-13(2)16(24)8-12-30-18(26)7-10-23(19(27)14(3)4)11-9-22-17(25)6-5-15(21)20(28)29/h13-15H,5-12,21H2,1-4H3,(H,22,25)(H,28,29)/t15-/m0/s1. The molecule has 0 spiro atoms. The van der Waals surface area contributed by atoms with Crippen molar-refractivity contribution in [2.75, 3.05) is 26.2 Å². The maximum atomic E-state index is 12.3. The number of carbonyl (C=O) groups excluding carboxylic acids is 4. The number of Topliss-reactive ketones (excluding diaryl/α,β-unsaturated/α-hetero) is 1. The predicted molar refractivity (Wildman–Crippen MR) is 109 cm³/mol. The SMILES string of the molecule is CC(C)C(=O)CCOC(=O)CCN(CCNC(=O)CC[C@H](N)C(=O)O)C(=O)C(C)C. The van der Waals surface area contributed by atoms with Crippen LogP contribution < -0.4 is 11.1 Å². The molecule has 0 saturated carbocycles. The Labute approximate surface area is 177 Å². The third-order valence-corrected chi connectivity index (χ3v) is 4.35. The number of carboxylic acid groups (broad SMARTS) is 1. The Bertz CT molecular complexity index is 605. The number of nitrogens with zero attached hydrogens (tertiary/aromatic N) is 1. The summed E-state index contributed by atoms with van der Waals surface area (Å²) in [7, 11) is 0. The first kappa shape index (κ1) is 27.5. The van der Waals surface area contributed by atoms with Crippen LogP contribution >= 0.6 is 0 Å². The highest BCUT2D eigenvalue weighted by Crippen LogP contribution is 2.04. The van der Waals surface area contributed by atoms with E-state index in [2.05, 4.69) is 5.32 Å². The van der Waals surface area contributed by atoms with Crippen LogP contribution in [0, 0.1) is 11.8 Å². The first-order valence-electron chi connectivity index (χ1n) is 10.2. The van der Waals surface area contributed by atoms with Gasteiger partial charge in [-0.3, -0.25) is 24.0 Å². The molecule has 0 radical (unpaired) electrons. The Morgan fingerprint density at radius 1 is 0.967 bits per heavy atom. The number of carbonyl (C=O) groups is 5. The third-order valence-electron chi connectivity index (χ3n) is 4.35. The summed E-state index contributed by atoms with van der Waals surface area (Å²) in [4.78, 5) is 59.6. The van der Waals surface area contributed by atoms with Crippen LogP contribution in [-0.4, -0.2) is 71.8 Å². The second-order valence-electron chi connectivity index (χ2n) is 7.65. The van der Waals surface area contributed by atoms with Crippen LogP contribution in [0.5, 0.6) is 0 Å². The summed E-state index contributed by atoms with van der Waals surface area (Å²) >= 11 is 0. The number of ketones is 1. The highest BCUT2D eigenvalue weighted by molar-refractivity contribution is 5.81. The number of aliphatic carboxylic acids is 1. The van der Waals surface area contributed by atoms with Crippen molar-refractivity contribution >= 4 is 29.5 Å². The highest BCUT2D eigenvalue weighted by Gasteiger charge is 2.19. The first-order valence-corrected chi connectivity index (χ1v) is 10.2. The summed E-state index contributed by atoms with van der Waals surface area (Å²) in [5.74, 6) is -2.58. The average Bonchev–Trinajstić information content (AvgIpc) is 2.67. The number of amides is 2. The zero-order chi connectivity index (χ0) is 23.3. The van der Waals surface area contributed by atoms with Gasteiger partial charge in [0.15, 0.2) is 0 Å². The molecule has 0 heterocycles. The molecule has 0 aliphatic heterocycles. The number of hydrogen-bond donors (Lipinski definition) is 3. The van der Waals surface area contributed by atoms with Crippen LogP contribution in [0.2, 0.25) is 0 Å². The summed E-state index contributed by atoms with van der Waals surface area (Å²) in [5, 5.41) is 11.3. The molecule has 0 aromatic rings. The van der Waals surface area contributed by atoms with E-state index in [1.165, 1.54) is 4.90 Å². The lowest BCUT2D eigenvalue weighted by atomic mass is 10.1. The minimum Gasteiger partial charge on any atom is -0.480 e. The fraction of sp³-hybridized carbons (Fsp3) is 0.750. The predicted octanol–water partition coefficient (Wildman–Crippen LogP) is 0.328. The summed E-state index contributed by atoms with van der Waals surface area (Å²) in [6, 6.07) is -1.10. The van der Waals surface area contributed by atoms with Gasteiger partial charge in [-0.15, -0.1) is 0 Å². The number of nitrogens with two attached hydrogens (primary N) is 1. The summed E-state index contributed by atoms with van der Waals surface area (Å²) in [6.45, 7) is 7.53. The molecule has 30 heavy (non-hydrogen) atoms. The lowest BCUT2D eigenvalue weighted by Crippen LogP contribution is -2.42. The van der Waals surface area contributed by atoms with Gasteiger partial charge in [-0.2, -0.15) is 0 Å². The molecule has 0 fully saturated rings. The molecule has 2 amide bonds. The maximum Gasteiger partial charge on any atom is 0.320 e. The minimum absolute atomic E-state index is 0.0134.